The zero-order valence-corrected chi connectivity index (χ0v) is 31.4. The molecule has 15 heteroatoms. The number of hydrogen-bond donors (Lipinski definition) is 3. The summed E-state index contributed by atoms with van der Waals surface area (Å²) in [6.07, 6.45) is 2.87. The van der Waals surface area contributed by atoms with Crippen molar-refractivity contribution >= 4 is 127 Å². The van der Waals surface area contributed by atoms with Crippen molar-refractivity contribution in [1.29, 1.82) is 0 Å². The van der Waals surface area contributed by atoms with Crippen LogP contribution < -0.4 is 0 Å². The molecular formula is C25H49N3O3S9. The fraction of sp³-hybridized carbons (Fsp3) is 0.880. The van der Waals surface area contributed by atoms with Gasteiger partial charge in [-0.1, -0.05) is 0 Å². The van der Waals surface area contributed by atoms with Gasteiger partial charge in [0, 0.05) is 78.5 Å². The van der Waals surface area contributed by atoms with E-state index >= 15 is 0 Å². The van der Waals surface area contributed by atoms with Crippen LogP contribution in [0.2, 0.25) is 0 Å². The molecule has 0 unspecified atom stereocenters. The number of rotatable bonds is 28. The lowest BCUT2D eigenvalue weighted by Gasteiger charge is -2.29. The molecule has 0 aliphatic heterocycles. The molecular weight excluding hydrogens is 679 g/mol. The molecule has 0 saturated carbocycles. The number of amides is 5. The van der Waals surface area contributed by atoms with Crippen molar-refractivity contribution in [3.05, 3.63) is 0 Å². The van der Waals surface area contributed by atoms with Gasteiger partial charge in [0.1, 0.15) is 0 Å². The molecule has 5 amide bonds. The highest BCUT2D eigenvalue weighted by Gasteiger charge is 2.28. The van der Waals surface area contributed by atoms with E-state index in [2.05, 4.69) is 37.9 Å². The van der Waals surface area contributed by atoms with E-state index in [0.29, 0.717) is 38.9 Å². The Morgan fingerprint density at radius 3 is 1.32 bits per heavy atom. The molecule has 0 N–H and O–H groups in total. The second-order valence-electron chi connectivity index (χ2n) is 8.34. The molecule has 0 rings (SSSR count). The average Bonchev–Trinajstić information content (AvgIpc) is 2.96. The third-order valence-electron chi connectivity index (χ3n) is 5.12. The lowest BCUT2D eigenvalue weighted by Crippen LogP contribution is -2.51. The molecule has 236 valence electrons. The molecule has 0 aromatic carbocycles. The number of urea groups is 2. The molecule has 0 bridgehead atoms. The number of carbonyl (C=O) groups excluding carboxylic acids is 3. The first kappa shape index (κ1) is 41.6. The van der Waals surface area contributed by atoms with Crippen LogP contribution in [0.4, 0.5) is 9.59 Å². The molecule has 0 atom stereocenters. The Bertz CT molecular complexity index is 627. The van der Waals surface area contributed by atoms with E-state index in [9.17, 15) is 14.4 Å². The van der Waals surface area contributed by atoms with Gasteiger partial charge in [0.25, 0.3) is 0 Å². The van der Waals surface area contributed by atoms with Crippen molar-refractivity contribution in [3.8, 4) is 0 Å². The highest BCUT2D eigenvalue weighted by atomic mass is 32.2. The van der Waals surface area contributed by atoms with Gasteiger partial charge in [0.05, 0.1) is 0 Å². The lowest BCUT2D eigenvalue weighted by atomic mass is 10.4. The first-order chi connectivity index (χ1) is 19.5. The van der Waals surface area contributed by atoms with E-state index in [4.69, 9.17) is 0 Å². The summed E-state index contributed by atoms with van der Waals surface area (Å²) in [6, 6.07) is -0.831. The molecule has 0 radical (unpaired) electrons. The van der Waals surface area contributed by atoms with Crippen molar-refractivity contribution in [2.45, 2.75) is 19.3 Å². The maximum atomic E-state index is 13.3. The Morgan fingerprint density at radius 2 is 0.925 bits per heavy atom. The van der Waals surface area contributed by atoms with E-state index in [-0.39, 0.29) is 6.03 Å². The number of hydrogen-bond acceptors (Lipinski definition) is 12. The Kier molecular flexibility index (Phi) is 33.2. The zero-order chi connectivity index (χ0) is 29.7. The Morgan fingerprint density at radius 1 is 0.550 bits per heavy atom. The van der Waals surface area contributed by atoms with Gasteiger partial charge in [-0.3, -0.25) is 9.69 Å². The lowest BCUT2D eigenvalue weighted by molar-refractivity contribution is -0.116. The topological polar surface area (TPSA) is 60.9 Å². The summed E-state index contributed by atoms with van der Waals surface area (Å²) in [6.45, 7) is 1.22. The summed E-state index contributed by atoms with van der Waals surface area (Å²) in [5.74, 6) is 15.0. The molecule has 0 aromatic heterocycles. The van der Waals surface area contributed by atoms with Crippen LogP contribution in [0.25, 0.3) is 0 Å². The maximum Gasteiger partial charge on any atom is 0.334 e. The third kappa shape index (κ3) is 23.9. The fourth-order valence-electron chi connectivity index (χ4n) is 3.15. The zero-order valence-electron chi connectivity index (χ0n) is 23.8. The van der Waals surface area contributed by atoms with Crippen molar-refractivity contribution in [3.63, 3.8) is 0 Å². The van der Waals surface area contributed by atoms with Crippen molar-refractivity contribution in [2.24, 2.45) is 0 Å². The minimum atomic E-state index is -0.508. The molecule has 0 saturated heterocycles. The minimum Gasteiger partial charge on any atom is -0.327 e. The van der Waals surface area contributed by atoms with Gasteiger partial charge in [-0.15, -0.1) is 0 Å². The van der Waals surface area contributed by atoms with Crippen LogP contribution in [-0.2, 0) is 4.79 Å². The number of nitrogens with zero attached hydrogens (tertiary/aromatic N) is 3. The van der Waals surface area contributed by atoms with Crippen LogP contribution in [0.5, 0.6) is 0 Å². The van der Waals surface area contributed by atoms with E-state index < -0.39 is 6.03 Å². The normalized spacial score (nSPS) is 11.0. The van der Waals surface area contributed by atoms with Crippen LogP contribution >= 0.6 is 108 Å². The minimum absolute atomic E-state index is 0.317. The van der Waals surface area contributed by atoms with Crippen LogP contribution in [0.15, 0.2) is 0 Å². The predicted molar refractivity (Wildman–Crippen MR) is 202 cm³/mol. The van der Waals surface area contributed by atoms with E-state index in [1.54, 1.807) is 11.9 Å². The van der Waals surface area contributed by atoms with Crippen LogP contribution in [0, 0.1) is 0 Å². The highest BCUT2D eigenvalue weighted by molar-refractivity contribution is 8.04. The monoisotopic (exact) mass is 727 g/mol. The number of thioether (sulfide) groups is 6. The second-order valence-corrected chi connectivity index (χ2v) is 17.0. The van der Waals surface area contributed by atoms with Crippen molar-refractivity contribution in [1.82, 2.24) is 14.7 Å². The summed E-state index contributed by atoms with van der Waals surface area (Å²) in [4.78, 5) is 42.5. The fourth-order valence-corrected chi connectivity index (χ4v) is 9.75. The SMILES string of the molecule is CN(CCCSCCSCCS)C(=O)N(CCCSCCSCCS)C(=O)N(C=O)CCCSCCSCCS. The van der Waals surface area contributed by atoms with Gasteiger partial charge in [0.2, 0.25) is 6.41 Å². The largest absolute Gasteiger partial charge is 0.334 e. The summed E-state index contributed by atoms with van der Waals surface area (Å²) < 4.78 is 0. The molecule has 0 aliphatic rings. The van der Waals surface area contributed by atoms with Gasteiger partial charge in [0.15, 0.2) is 0 Å². The number of carbonyl (C=O) groups is 3. The summed E-state index contributed by atoms with van der Waals surface area (Å²) in [7, 11) is 1.75. The summed E-state index contributed by atoms with van der Waals surface area (Å²) in [5.41, 5.74) is 0. The standard InChI is InChI=1S/C25H49N3O3S9/c1-26(5-2-11-35-17-20-38-14-8-32)24(30)28(7-4-13-37-19-22-40-16-10-34)25(31)27(23-29)6-3-12-36-18-21-39-15-9-33/h23,32-34H,2-22H2,1H3. The predicted octanol–water partition coefficient (Wildman–Crippen LogP) is 6.28. The van der Waals surface area contributed by atoms with Crippen LogP contribution in [0.3, 0.4) is 0 Å². The molecule has 0 fully saturated rings. The van der Waals surface area contributed by atoms with Crippen molar-refractivity contribution < 1.29 is 14.4 Å². The summed E-state index contributed by atoms with van der Waals surface area (Å²) in [5, 5.41) is 0. The summed E-state index contributed by atoms with van der Waals surface area (Å²) >= 11 is 23.9. The third-order valence-corrected chi connectivity index (χ3v) is 13.6. The smallest absolute Gasteiger partial charge is 0.327 e. The molecule has 6 nitrogen and oxygen atoms in total. The van der Waals surface area contributed by atoms with Crippen LogP contribution in [0.1, 0.15) is 19.3 Å². The van der Waals surface area contributed by atoms with Gasteiger partial charge < -0.3 is 4.90 Å². The first-order valence-electron chi connectivity index (χ1n) is 13.6. The highest BCUT2D eigenvalue weighted by Crippen LogP contribution is 2.14. The van der Waals surface area contributed by atoms with E-state index in [1.807, 2.05) is 70.6 Å². The number of thiol groups is 3. The van der Waals surface area contributed by atoms with E-state index in [0.717, 1.165) is 92.7 Å². The molecule has 0 aromatic rings. The average molecular weight is 728 g/mol. The van der Waals surface area contributed by atoms with Crippen LogP contribution in [-0.4, -0.2) is 146 Å². The molecule has 0 spiro atoms. The number of imide groups is 2. The van der Waals surface area contributed by atoms with Gasteiger partial charge >= 0.3 is 12.1 Å². The Labute approximate surface area is 285 Å². The molecule has 0 heterocycles. The Balaban J connectivity index is 4.75. The van der Waals surface area contributed by atoms with E-state index in [1.165, 1.54) is 9.80 Å². The molecule has 40 heavy (non-hydrogen) atoms. The quantitative estimate of drug-likeness (QED) is 0.0492. The van der Waals surface area contributed by atoms with Gasteiger partial charge in [-0.05, 0) is 53.8 Å². The second kappa shape index (κ2) is 32.0. The van der Waals surface area contributed by atoms with Gasteiger partial charge in [-0.25, -0.2) is 14.5 Å². The van der Waals surface area contributed by atoms with Crippen molar-refractivity contribution in [2.75, 3.05) is 113 Å². The van der Waals surface area contributed by atoms with Gasteiger partial charge in [-0.2, -0.15) is 108 Å². The maximum absolute atomic E-state index is 13.3. The Hall–Kier alpha value is 1.56. The first-order valence-corrected chi connectivity index (χ1v) is 22.4. The molecule has 0 aliphatic carbocycles.